The van der Waals surface area contributed by atoms with Crippen LogP contribution in [0.15, 0.2) is 29.3 Å². The second kappa shape index (κ2) is 9.75. The number of alkyl halides is 3. The molecule has 0 aliphatic rings. The van der Waals surface area contributed by atoms with Crippen molar-refractivity contribution in [2.45, 2.75) is 26.6 Å². The smallest absolute Gasteiger partial charge is 0.406 e. The van der Waals surface area contributed by atoms with Crippen LogP contribution < -0.4 is 10.5 Å². The standard InChI is InChI=1S/C14H20F3N3O.HI/c1-3-20(4-2)13(18)19-10-9-11-5-7-12(8-6-11)21-14(15,16)17;/h5-8H,3-4,9-10H2,1-2H3,(H2,18,19);1H. The van der Waals surface area contributed by atoms with Crippen molar-refractivity contribution >= 4 is 29.9 Å². The molecule has 126 valence electrons. The fourth-order valence-electron chi connectivity index (χ4n) is 1.80. The molecule has 0 saturated heterocycles. The lowest BCUT2D eigenvalue weighted by Crippen LogP contribution is -2.37. The zero-order chi connectivity index (χ0) is 15.9. The Morgan fingerprint density at radius 1 is 1.18 bits per heavy atom. The van der Waals surface area contributed by atoms with Crippen LogP contribution >= 0.6 is 24.0 Å². The van der Waals surface area contributed by atoms with E-state index in [9.17, 15) is 13.2 Å². The summed E-state index contributed by atoms with van der Waals surface area (Å²) in [6.45, 7) is 6.04. The van der Waals surface area contributed by atoms with Gasteiger partial charge in [0, 0.05) is 19.6 Å². The van der Waals surface area contributed by atoms with Gasteiger partial charge in [-0.15, -0.1) is 37.1 Å². The van der Waals surface area contributed by atoms with Crippen LogP contribution in [0.1, 0.15) is 19.4 Å². The predicted octanol–water partition coefficient (Wildman–Crippen LogP) is 3.40. The number of rotatable bonds is 6. The summed E-state index contributed by atoms with van der Waals surface area (Å²) in [5.74, 6) is 0.259. The quantitative estimate of drug-likeness (QED) is 0.427. The fourth-order valence-corrected chi connectivity index (χ4v) is 1.80. The van der Waals surface area contributed by atoms with Crippen molar-refractivity contribution in [2.24, 2.45) is 10.7 Å². The van der Waals surface area contributed by atoms with E-state index in [1.165, 1.54) is 12.1 Å². The summed E-state index contributed by atoms with van der Waals surface area (Å²) in [5.41, 5.74) is 6.70. The van der Waals surface area contributed by atoms with Crippen molar-refractivity contribution < 1.29 is 17.9 Å². The number of nitrogens with zero attached hydrogens (tertiary/aromatic N) is 2. The summed E-state index contributed by atoms with van der Waals surface area (Å²) in [4.78, 5) is 6.18. The van der Waals surface area contributed by atoms with Crippen LogP contribution in [0, 0.1) is 0 Å². The third-order valence-corrected chi connectivity index (χ3v) is 2.92. The van der Waals surface area contributed by atoms with Gasteiger partial charge in [0.05, 0.1) is 0 Å². The number of benzene rings is 1. The summed E-state index contributed by atoms with van der Waals surface area (Å²) < 4.78 is 39.9. The molecule has 0 spiro atoms. The normalized spacial score (nSPS) is 11.8. The lowest BCUT2D eigenvalue weighted by Gasteiger charge is -2.19. The van der Waals surface area contributed by atoms with Crippen molar-refractivity contribution in [3.8, 4) is 5.75 Å². The average molecular weight is 431 g/mol. The second-order valence-electron chi connectivity index (χ2n) is 4.35. The van der Waals surface area contributed by atoms with Gasteiger partial charge in [-0.25, -0.2) is 0 Å². The van der Waals surface area contributed by atoms with E-state index < -0.39 is 6.36 Å². The fraction of sp³-hybridized carbons (Fsp3) is 0.500. The van der Waals surface area contributed by atoms with Gasteiger partial charge in [-0.1, -0.05) is 12.1 Å². The molecule has 8 heteroatoms. The Morgan fingerprint density at radius 3 is 2.18 bits per heavy atom. The minimum absolute atomic E-state index is 0. The molecular weight excluding hydrogens is 410 g/mol. The highest BCUT2D eigenvalue weighted by Gasteiger charge is 2.30. The van der Waals surface area contributed by atoms with Crippen LogP contribution in [0.2, 0.25) is 0 Å². The lowest BCUT2D eigenvalue weighted by atomic mass is 10.1. The molecule has 1 aromatic carbocycles. The molecule has 0 radical (unpaired) electrons. The number of ether oxygens (including phenoxy) is 1. The molecule has 1 rings (SSSR count). The van der Waals surface area contributed by atoms with E-state index in [1.807, 2.05) is 18.7 Å². The molecule has 0 aliphatic heterocycles. The first-order valence-corrected chi connectivity index (χ1v) is 6.75. The average Bonchev–Trinajstić information content (AvgIpc) is 2.40. The van der Waals surface area contributed by atoms with Crippen molar-refractivity contribution in [3.63, 3.8) is 0 Å². The predicted molar refractivity (Wildman–Crippen MR) is 91.7 cm³/mol. The molecule has 0 unspecified atom stereocenters. The molecule has 0 fully saturated rings. The van der Waals surface area contributed by atoms with Gasteiger partial charge in [-0.2, -0.15) is 0 Å². The third kappa shape index (κ3) is 7.71. The summed E-state index contributed by atoms with van der Waals surface area (Å²) in [6, 6.07) is 5.76. The maximum atomic E-state index is 12.0. The first kappa shape index (κ1) is 20.8. The molecule has 0 aliphatic carbocycles. The van der Waals surface area contributed by atoms with Crippen molar-refractivity contribution in [1.82, 2.24) is 4.90 Å². The minimum Gasteiger partial charge on any atom is -0.406 e. The molecule has 1 aromatic rings. The van der Waals surface area contributed by atoms with Gasteiger partial charge in [0.2, 0.25) is 0 Å². The molecule has 0 amide bonds. The minimum atomic E-state index is -4.66. The largest absolute Gasteiger partial charge is 0.573 e. The Hall–Kier alpha value is -1.19. The number of halogens is 4. The van der Waals surface area contributed by atoms with Crippen LogP contribution in [-0.2, 0) is 6.42 Å². The van der Waals surface area contributed by atoms with Crippen LogP contribution in [0.5, 0.6) is 5.75 Å². The molecule has 2 N–H and O–H groups in total. The van der Waals surface area contributed by atoms with E-state index in [0.717, 1.165) is 18.7 Å². The maximum Gasteiger partial charge on any atom is 0.573 e. The van der Waals surface area contributed by atoms with Crippen LogP contribution in [0.3, 0.4) is 0 Å². The van der Waals surface area contributed by atoms with Gasteiger partial charge in [-0.05, 0) is 38.0 Å². The number of nitrogens with two attached hydrogens (primary N) is 1. The van der Waals surface area contributed by atoms with Crippen molar-refractivity contribution in [3.05, 3.63) is 29.8 Å². The highest BCUT2D eigenvalue weighted by molar-refractivity contribution is 14.0. The van der Waals surface area contributed by atoms with E-state index in [0.29, 0.717) is 18.9 Å². The summed E-state index contributed by atoms with van der Waals surface area (Å²) in [6.07, 6.45) is -4.06. The van der Waals surface area contributed by atoms with Crippen LogP contribution in [-0.4, -0.2) is 36.9 Å². The molecule has 4 nitrogen and oxygen atoms in total. The summed E-state index contributed by atoms with van der Waals surface area (Å²) in [7, 11) is 0. The second-order valence-corrected chi connectivity index (χ2v) is 4.35. The first-order chi connectivity index (χ1) is 9.85. The number of hydrogen-bond donors (Lipinski definition) is 1. The van der Waals surface area contributed by atoms with E-state index in [4.69, 9.17) is 5.73 Å². The number of hydrogen-bond acceptors (Lipinski definition) is 2. The Morgan fingerprint density at radius 2 is 1.73 bits per heavy atom. The molecule has 0 bridgehead atoms. The highest BCUT2D eigenvalue weighted by atomic mass is 127. The number of aliphatic imine (C=N–C) groups is 1. The Bertz CT molecular complexity index is 459. The lowest BCUT2D eigenvalue weighted by molar-refractivity contribution is -0.274. The zero-order valence-corrected chi connectivity index (χ0v) is 14.9. The number of guanidine groups is 1. The van der Waals surface area contributed by atoms with Crippen LogP contribution in [0.4, 0.5) is 13.2 Å². The van der Waals surface area contributed by atoms with Gasteiger partial charge in [-0.3, -0.25) is 4.99 Å². The highest BCUT2D eigenvalue weighted by Crippen LogP contribution is 2.22. The summed E-state index contributed by atoms with van der Waals surface area (Å²) in [5, 5.41) is 0. The van der Waals surface area contributed by atoms with Crippen molar-refractivity contribution in [2.75, 3.05) is 19.6 Å². The van der Waals surface area contributed by atoms with E-state index in [2.05, 4.69) is 9.73 Å². The van der Waals surface area contributed by atoms with E-state index in [1.54, 1.807) is 12.1 Å². The SMILES string of the molecule is CCN(CC)C(N)=NCCc1ccc(OC(F)(F)F)cc1.I. The maximum absolute atomic E-state index is 12.0. The molecule has 0 atom stereocenters. The molecule has 0 saturated carbocycles. The first-order valence-electron chi connectivity index (χ1n) is 6.75. The third-order valence-electron chi connectivity index (χ3n) is 2.92. The van der Waals surface area contributed by atoms with Gasteiger partial charge >= 0.3 is 6.36 Å². The van der Waals surface area contributed by atoms with Gasteiger partial charge in [0.25, 0.3) is 0 Å². The molecular formula is C14H21F3IN3O. The van der Waals surface area contributed by atoms with Crippen molar-refractivity contribution in [1.29, 1.82) is 0 Å². The Labute approximate surface area is 145 Å². The van der Waals surface area contributed by atoms with E-state index in [-0.39, 0.29) is 29.7 Å². The van der Waals surface area contributed by atoms with Gasteiger partial charge < -0.3 is 15.4 Å². The van der Waals surface area contributed by atoms with Gasteiger partial charge in [0.1, 0.15) is 5.75 Å². The monoisotopic (exact) mass is 431 g/mol. The Kier molecular flexibility index (Phi) is 9.22. The molecule has 0 aromatic heterocycles. The molecule has 22 heavy (non-hydrogen) atoms. The zero-order valence-electron chi connectivity index (χ0n) is 12.6. The molecule has 0 heterocycles. The topological polar surface area (TPSA) is 50.8 Å². The van der Waals surface area contributed by atoms with E-state index >= 15 is 0 Å². The van der Waals surface area contributed by atoms with Gasteiger partial charge in [0.15, 0.2) is 5.96 Å². The Balaban J connectivity index is 0.00000441. The van der Waals surface area contributed by atoms with Crippen LogP contribution in [0.25, 0.3) is 0 Å². The summed E-state index contributed by atoms with van der Waals surface area (Å²) >= 11 is 0.